The largest absolute Gasteiger partial charge is 0.438 e. The highest BCUT2D eigenvalue weighted by molar-refractivity contribution is 7.92. The number of sulfonamides is 1. The molecule has 0 aliphatic carbocycles. The monoisotopic (exact) mass is 530 g/mol. The van der Waals surface area contributed by atoms with Crippen LogP contribution in [0.25, 0.3) is 0 Å². The first kappa shape index (κ1) is 24.9. The summed E-state index contributed by atoms with van der Waals surface area (Å²) in [6, 6.07) is 7.29. The van der Waals surface area contributed by atoms with Crippen LogP contribution in [0, 0.1) is 0 Å². The number of benzene rings is 2. The van der Waals surface area contributed by atoms with Crippen LogP contribution in [-0.4, -0.2) is 13.4 Å². The van der Waals surface area contributed by atoms with E-state index < -0.39 is 43.5 Å². The second-order valence-corrected chi connectivity index (χ2v) is 8.88. The average Bonchev–Trinajstić information content (AvgIpc) is 2.70. The molecule has 0 fully saturated rings. The number of pyridine rings is 1. The van der Waals surface area contributed by atoms with Gasteiger partial charge in [0.1, 0.15) is 10.8 Å². The van der Waals surface area contributed by atoms with Crippen molar-refractivity contribution in [3.8, 4) is 11.6 Å². The predicted molar refractivity (Wildman–Crippen MR) is 108 cm³/mol. The zero-order valence-electron chi connectivity index (χ0n) is 15.8. The maximum absolute atomic E-state index is 12.7. The number of rotatable bonds is 5. The Hall–Kier alpha value is -2.70. The third kappa shape index (κ3) is 6.01. The number of ether oxygens (including phenoxy) is 1. The molecule has 0 saturated heterocycles. The first-order chi connectivity index (χ1) is 15.2. The maximum atomic E-state index is 12.7. The standard InChI is InChI=1S/C19H10Cl2F6N2O3S/c20-14-7-10(18(22,23)24)1-6-16(14)29-33(30,31)13-4-2-12(3-5-13)32-17-15(21)8-11(9-28-17)19(25,26)27/h1-9,29H. The van der Waals surface area contributed by atoms with Crippen LogP contribution in [0.2, 0.25) is 10.0 Å². The Kier molecular flexibility index (Phi) is 6.74. The molecule has 0 saturated carbocycles. The van der Waals surface area contributed by atoms with Crippen LogP contribution in [0.5, 0.6) is 11.6 Å². The molecule has 0 aliphatic heterocycles. The maximum Gasteiger partial charge on any atom is 0.417 e. The van der Waals surface area contributed by atoms with Crippen LogP contribution in [0.1, 0.15) is 11.1 Å². The molecule has 3 rings (SSSR count). The molecule has 5 nitrogen and oxygen atoms in total. The lowest BCUT2D eigenvalue weighted by Gasteiger charge is -2.13. The molecule has 0 atom stereocenters. The normalized spacial score (nSPS) is 12.5. The predicted octanol–water partition coefficient (Wildman–Crippen LogP) is 7.02. The Balaban J connectivity index is 1.77. The van der Waals surface area contributed by atoms with E-state index in [1.54, 1.807) is 0 Å². The number of halogens is 8. The van der Waals surface area contributed by atoms with Gasteiger partial charge in [0.25, 0.3) is 10.0 Å². The number of aromatic nitrogens is 1. The Labute approximate surface area is 193 Å². The summed E-state index contributed by atoms with van der Waals surface area (Å²) >= 11 is 11.5. The van der Waals surface area contributed by atoms with Crippen LogP contribution in [0.15, 0.2) is 59.6 Å². The van der Waals surface area contributed by atoms with Gasteiger partial charge >= 0.3 is 12.4 Å². The highest BCUT2D eigenvalue weighted by Gasteiger charge is 2.32. The molecule has 0 radical (unpaired) electrons. The van der Waals surface area contributed by atoms with Crippen molar-refractivity contribution in [2.24, 2.45) is 0 Å². The van der Waals surface area contributed by atoms with Crippen molar-refractivity contribution in [2.45, 2.75) is 17.2 Å². The smallest absolute Gasteiger partial charge is 0.417 e. The van der Waals surface area contributed by atoms with E-state index in [0.717, 1.165) is 18.2 Å². The molecule has 176 valence electrons. The summed E-state index contributed by atoms with van der Waals surface area (Å²) in [6.45, 7) is 0. The number of alkyl halides is 6. The first-order valence-corrected chi connectivity index (χ1v) is 10.8. The molecule has 33 heavy (non-hydrogen) atoms. The number of hydrogen-bond acceptors (Lipinski definition) is 4. The van der Waals surface area contributed by atoms with Gasteiger partial charge in [-0.2, -0.15) is 26.3 Å². The Morgan fingerprint density at radius 3 is 1.91 bits per heavy atom. The molecule has 1 aromatic heterocycles. The minimum absolute atomic E-state index is 0.00988. The summed E-state index contributed by atoms with van der Waals surface area (Å²) in [5.41, 5.74) is -2.40. The van der Waals surface area contributed by atoms with Gasteiger partial charge in [-0.25, -0.2) is 13.4 Å². The van der Waals surface area contributed by atoms with Gasteiger partial charge in [-0.1, -0.05) is 23.2 Å². The van der Waals surface area contributed by atoms with Crippen LogP contribution >= 0.6 is 23.2 Å². The molecule has 0 bridgehead atoms. The summed E-state index contributed by atoms with van der Waals surface area (Å²) in [7, 11) is -4.24. The average molecular weight is 531 g/mol. The fourth-order valence-corrected chi connectivity index (χ4v) is 4.00. The summed E-state index contributed by atoms with van der Waals surface area (Å²) in [6.07, 6.45) is -8.77. The van der Waals surface area contributed by atoms with E-state index in [4.69, 9.17) is 27.9 Å². The van der Waals surface area contributed by atoms with Gasteiger partial charge in [0, 0.05) is 6.20 Å². The molecule has 0 amide bonds. The van der Waals surface area contributed by atoms with Crippen molar-refractivity contribution in [2.75, 3.05) is 4.72 Å². The van der Waals surface area contributed by atoms with Crippen LogP contribution < -0.4 is 9.46 Å². The van der Waals surface area contributed by atoms with Crippen molar-refractivity contribution in [3.05, 3.63) is 75.9 Å². The summed E-state index contributed by atoms with van der Waals surface area (Å²) < 4.78 is 109. The number of hydrogen-bond donors (Lipinski definition) is 1. The van der Waals surface area contributed by atoms with Crippen LogP contribution in [0.3, 0.4) is 0 Å². The minimum atomic E-state index is -4.65. The van der Waals surface area contributed by atoms with E-state index in [9.17, 15) is 34.8 Å². The first-order valence-electron chi connectivity index (χ1n) is 8.57. The van der Waals surface area contributed by atoms with Crippen LogP contribution in [-0.2, 0) is 22.4 Å². The number of nitrogens with zero attached hydrogens (tertiary/aromatic N) is 1. The second kappa shape index (κ2) is 8.92. The molecule has 1 heterocycles. The van der Waals surface area contributed by atoms with Crippen molar-refractivity contribution in [1.82, 2.24) is 4.98 Å². The molecule has 0 unspecified atom stereocenters. The molecular formula is C19H10Cl2F6N2O3S. The second-order valence-electron chi connectivity index (χ2n) is 6.38. The van der Waals surface area contributed by atoms with E-state index in [1.807, 2.05) is 0 Å². The molecule has 1 N–H and O–H groups in total. The lowest BCUT2D eigenvalue weighted by Crippen LogP contribution is -2.14. The van der Waals surface area contributed by atoms with Crippen molar-refractivity contribution < 1.29 is 39.5 Å². The van der Waals surface area contributed by atoms with Gasteiger partial charge in [-0.05, 0) is 48.5 Å². The molecule has 2 aromatic carbocycles. The third-order valence-corrected chi connectivity index (χ3v) is 5.99. The SMILES string of the molecule is O=S(=O)(Nc1ccc(C(F)(F)F)cc1Cl)c1ccc(Oc2ncc(C(F)(F)F)cc2Cl)cc1. The van der Waals surface area contributed by atoms with Gasteiger partial charge < -0.3 is 4.74 Å². The van der Waals surface area contributed by atoms with E-state index in [1.165, 1.54) is 12.1 Å². The number of nitrogens with one attached hydrogen (secondary N) is 1. The fraction of sp³-hybridized carbons (Fsp3) is 0.105. The summed E-state index contributed by atoms with van der Waals surface area (Å²) in [5.74, 6) is -0.328. The quantitative estimate of drug-likeness (QED) is 0.360. The molecule has 0 spiro atoms. The fourth-order valence-electron chi connectivity index (χ4n) is 2.43. The van der Waals surface area contributed by atoms with Crippen molar-refractivity contribution >= 4 is 38.9 Å². The van der Waals surface area contributed by atoms with Gasteiger partial charge in [0.05, 0.1) is 26.7 Å². The number of anilines is 1. The van der Waals surface area contributed by atoms with Crippen LogP contribution in [0.4, 0.5) is 32.0 Å². The lowest BCUT2D eigenvalue weighted by atomic mass is 10.2. The summed E-state index contributed by atoms with van der Waals surface area (Å²) in [4.78, 5) is 3.21. The molecule has 14 heteroatoms. The topological polar surface area (TPSA) is 68.3 Å². The van der Waals surface area contributed by atoms with Gasteiger partial charge in [0.15, 0.2) is 0 Å². The molecule has 0 aliphatic rings. The van der Waals surface area contributed by atoms with E-state index in [0.29, 0.717) is 24.4 Å². The highest BCUT2D eigenvalue weighted by atomic mass is 35.5. The molecular weight excluding hydrogens is 521 g/mol. The zero-order valence-corrected chi connectivity index (χ0v) is 18.1. The van der Waals surface area contributed by atoms with Gasteiger partial charge in [0.2, 0.25) is 5.88 Å². The Morgan fingerprint density at radius 1 is 0.818 bits per heavy atom. The van der Waals surface area contributed by atoms with Gasteiger partial charge in [-0.15, -0.1) is 0 Å². The van der Waals surface area contributed by atoms with E-state index in [-0.39, 0.29) is 22.2 Å². The molecule has 3 aromatic rings. The van der Waals surface area contributed by atoms with Crippen molar-refractivity contribution in [3.63, 3.8) is 0 Å². The third-order valence-electron chi connectivity index (χ3n) is 4.02. The summed E-state index contributed by atoms with van der Waals surface area (Å²) in [5, 5.41) is -0.878. The zero-order chi connectivity index (χ0) is 24.6. The Morgan fingerprint density at radius 2 is 1.39 bits per heavy atom. The van der Waals surface area contributed by atoms with E-state index >= 15 is 0 Å². The minimum Gasteiger partial charge on any atom is -0.438 e. The Bertz CT molecular complexity index is 1280. The van der Waals surface area contributed by atoms with E-state index in [2.05, 4.69) is 9.71 Å². The van der Waals surface area contributed by atoms with Crippen molar-refractivity contribution in [1.29, 1.82) is 0 Å². The lowest BCUT2D eigenvalue weighted by molar-refractivity contribution is -0.138. The van der Waals surface area contributed by atoms with Gasteiger partial charge in [-0.3, -0.25) is 4.72 Å². The highest BCUT2D eigenvalue weighted by Crippen LogP contribution is 2.36.